The average molecular weight is 415 g/mol. The summed E-state index contributed by atoms with van der Waals surface area (Å²) in [5.74, 6) is 2.49. The van der Waals surface area contributed by atoms with Crippen LogP contribution >= 0.6 is 0 Å². The second kappa shape index (κ2) is 11.5. The summed E-state index contributed by atoms with van der Waals surface area (Å²) in [7, 11) is 6.65. The molecule has 0 aliphatic rings. The third-order valence-corrected chi connectivity index (χ3v) is 4.21. The van der Waals surface area contributed by atoms with Crippen molar-refractivity contribution >= 4 is 17.6 Å². The fourth-order valence-corrected chi connectivity index (χ4v) is 2.52. The number of nitrogens with one attached hydrogen (secondary N) is 2. The number of methoxy groups -OCH3 is 2. The normalized spacial score (nSPS) is 10.9. The Hall–Kier alpha value is -3.42. The van der Waals surface area contributed by atoms with Crippen LogP contribution in [0, 0.1) is 0 Å². The predicted octanol–water partition coefficient (Wildman–Crippen LogP) is 2.75. The monoisotopic (exact) mass is 414 g/mol. The van der Waals surface area contributed by atoms with Crippen molar-refractivity contribution in [3.63, 3.8) is 0 Å². The lowest BCUT2D eigenvalue weighted by Crippen LogP contribution is -2.39. The molecule has 8 heteroatoms. The van der Waals surface area contributed by atoms with E-state index in [2.05, 4.69) is 15.6 Å². The van der Waals surface area contributed by atoms with Crippen LogP contribution in [0.2, 0.25) is 0 Å². The summed E-state index contributed by atoms with van der Waals surface area (Å²) in [6, 6.07) is 13.2. The van der Waals surface area contributed by atoms with Gasteiger partial charge < -0.3 is 29.7 Å². The van der Waals surface area contributed by atoms with Crippen LogP contribution in [0.15, 0.2) is 47.5 Å². The first-order valence-corrected chi connectivity index (χ1v) is 9.66. The van der Waals surface area contributed by atoms with Crippen molar-refractivity contribution in [3.8, 4) is 17.2 Å². The van der Waals surface area contributed by atoms with Crippen LogP contribution in [-0.2, 0) is 11.3 Å². The zero-order valence-corrected chi connectivity index (χ0v) is 18.2. The van der Waals surface area contributed by atoms with Gasteiger partial charge in [0.05, 0.1) is 33.9 Å². The Morgan fingerprint density at radius 3 is 2.37 bits per heavy atom. The van der Waals surface area contributed by atoms with Crippen molar-refractivity contribution in [1.82, 2.24) is 10.2 Å². The van der Waals surface area contributed by atoms with Gasteiger partial charge in [-0.2, -0.15) is 0 Å². The Morgan fingerprint density at radius 1 is 1.03 bits per heavy atom. The molecule has 0 spiro atoms. The molecule has 2 N–H and O–H groups in total. The van der Waals surface area contributed by atoms with E-state index in [4.69, 9.17) is 14.2 Å². The lowest BCUT2D eigenvalue weighted by molar-refractivity contribution is -0.127. The van der Waals surface area contributed by atoms with Crippen LogP contribution in [0.25, 0.3) is 0 Å². The van der Waals surface area contributed by atoms with Gasteiger partial charge in [0.2, 0.25) is 5.91 Å². The molecule has 8 nitrogen and oxygen atoms in total. The van der Waals surface area contributed by atoms with E-state index < -0.39 is 0 Å². The standard InChI is InChI=1S/C22H30N4O4/c1-6-30-20-13-17(9-12-19(20)29-5)25-22(24-15-21(27)26(2)3)23-14-16-7-10-18(28-4)11-8-16/h7-13H,6,14-15H2,1-5H3,(H2,23,24,25). The summed E-state index contributed by atoms with van der Waals surface area (Å²) in [6.07, 6.45) is 0. The zero-order valence-electron chi connectivity index (χ0n) is 18.2. The van der Waals surface area contributed by atoms with E-state index in [9.17, 15) is 4.79 Å². The van der Waals surface area contributed by atoms with Crippen molar-refractivity contribution in [2.24, 2.45) is 4.99 Å². The molecule has 1 amide bonds. The van der Waals surface area contributed by atoms with Gasteiger partial charge in [-0.1, -0.05) is 12.1 Å². The minimum Gasteiger partial charge on any atom is -0.497 e. The molecule has 0 saturated carbocycles. The average Bonchev–Trinajstić information content (AvgIpc) is 2.76. The second-order valence-electron chi connectivity index (χ2n) is 6.58. The molecule has 30 heavy (non-hydrogen) atoms. The number of guanidine groups is 1. The number of anilines is 1. The van der Waals surface area contributed by atoms with E-state index in [0.29, 0.717) is 30.6 Å². The number of amides is 1. The zero-order chi connectivity index (χ0) is 21.9. The van der Waals surface area contributed by atoms with E-state index in [1.54, 1.807) is 28.3 Å². The van der Waals surface area contributed by atoms with Gasteiger partial charge >= 0.3 is 0 Å². The van der Waals surface area contributed by atoms with E-state index in [0.717, 1.165) is 17.0 Å². The number of rotatable bonds is 9. The van der Waals surface area contributed by atoms with Crippen LogP contribution < -0.4 is 24.8 Å². The molecule has 0 aromatic heterocycles. The number of hydrogen-bond donors (Lipinski definition) is 2. The summed E-state index contributed by atoms with van der Waals surface area (Å²) in [5, 5.41) is 6.30. The lowest BCUT2D eigenvalue weighted by atomic mass is 10.2. The molecule has 2 aromatic rings. The minimum absolute atomic E-state index is 0.0568. The Morgan fingerprint density at radius 2 is 1.77 bits per heavy atom. The second-order valence-corrected chi connectivity index (χ2v) is 6.58. The van der Waals surface area contributed by atoms with Gasteiger partial charge in [0, 0.05) is 25.8 Å². The minimum atomic E-state index is -0.0568. The van der Waals surface area contributed by atoms with Gasteiger partial charge in [0.25, 0.3) is 0 Å². The Bertz CT molecular complexity index is 851. The van der Waals surface area contributed by atoms with E-state index >= 15 is 0 Å². The maximum absolute atomic E-state index is 12.0. The number of ether oxygens (including phenoxy) is 3. The lowest BCUT2D eigenvalue weighted by Gasteiger charge is -2.16. The van der Waals surface area contributed by atoms with E-state index in [1.807, 2.05) is 49.4 Å². The molecule has 0 bridgehead atoms. The number of benzene rings is 2. The van der Waals surface area contributed by atoms with Crippen LogP contribution in [-0.4, -0.2) is 58.2 Å². The molecule has 0 saturated heterocycles. The number of nitrogens with zero attached hydrogens (tertiary/aromatic N) is 2. The first-order valence-electron chi connectivity index (χ1n) is 9.66. The molecule has 162 valence electrons. The van der Waals surface area contributed by atoms with Gasteiger partial charge in [0.1, 0.15) is 5.75 Å². The topological polar surface area (TPSA) is 84.4 Å². The molecular weight excluding hydrogens is 384 g/mol. The van der Waals surface area contributed by atoms with Crippen LogP contribution in [0.5, 0.6) is 17.2 Å². The summed E-state index contributed by atoms with van der Waals surface area (Å²) in [6.45, 7) is 2.99. The van der Waals surface area contributed by atoms with Gasteiger partial charge in [-0.25, -0.2) is 4.99 Å². The molecule has 0 radical (unpaired) electrons. The third-order valence-electron chi connectivity index (χ3n) is 4.21. The van der Waals surface area contributed by atoms with Gasteiger partial charge in [-0.15, -0.1) is 0 Å². The highest BCUT2D eigenvalue weighted by Gasteiger charge is 2.09. The maximum Gasteiger partial charge on any atom is 0.241 e. The molecule has 0 aliphatic heterocycles. The largest absolute Gasteiger partial charge is 0.497 e. The number of carbonyl (C=O) groups excluding carboxylic acids is 1. The maximum atomic E-state index is 12.0. The number of aliphatic imine (C=N–C) groups is 1. The first-order chi connectivity index (χ1) is 14.5. The molecule has 0 heterocycles. The summed E-state index contributed by atoms with van der Waals surface area (Å²) >= 11 is 0. The molecule has 2 aromatic carbocycles. The molecule has 0 fully saturated rings. The SMILES string of the molecule is CCOc1cc(NC(=NCc2ccc(OC)cc2)NCC(=O)N(C)C)ccc1OC. The van der Waals surface area contributed by atoms with Crippen molar-refractivity contribution < 1.29 is 19.0 Å². The van der Waals surface area contributed by atoms with Gasteiger partial charge in [-0.3, -0.25) is 4.79 Å². The van der Waals surface area contributed by atoms with Crippen LogP contribution in [0.3, 0.4) is 0 Å². The summed E-state index contributed by atoms with van der Waals surface area (Å²) in [5.41, 5.74) is 1.78. The van der Waals surface area contributed by atoms with Crippen molar-refractivity contribution in [2.75, 3.05) is 46.8 Å². The Balaban J connectivity index is 2.19. The predicted molar refractivity (Wildman–Crippen MR) is 119 cm³/mol. The van der Waals surface area contributed by atoms with E-state index in [-0.39, 0.29) is 12.5 Å². The molecule has 0 aliphatic carbocycles. The van der Waals surface area contributed by atoms with Crippen molar-refractivity contribution in [1.29, 1.82) is 0 Å². The smallest absolute Gasteiger partial charge is 0.241 e. The van der Waals surface area contributed by atoms with Crippen molar-refractivity contribution in [2.45, 2.75) is 13.5 Å². The fourth-order valence-electron chi connectivity index (χ4n) is 2.52. The highest BCUT2D eigenvalue weighted by atomic mass is 16.5. The molecule has 2 rings (SSSR count). The Labute approximate surface area is 177 Å². The van der Waals surface area contributed by atoms with E-state index in [1.165, 1.54) is 4.90 Å². The van der Waals surface area contributed by atoms with Crippen molar-refractivity contribution in [3.05, 3.63) is 48.0 Å². The highest BCUT2D eigenvalue weighted by molar-refractivity contribution is 5.96. The molecular formula is C22H30N4O4. The quantitative estimate of drug-likeness (QED) is 0.485. The summed E-state index contributed by atoms with van der Waals surface area (Å²) < 4.78 is 16.1. The third kappa shape index (κ3) is 6.88. The number of carbonyl (C=O) groups is 1. The Kier molecular flexibility index (Phi) is 8.80. The highest BCUT2D eigenvalue weighted by Crippen LogP contribution is 2.30. The molecule has 0 unspecified atom stereocenters. The first kappa shape index (κ1) is 22.9. The summed E-state index contributed by atoms with van der Waals surface area (Å²) in [4.78, 5) is 18.1. The van der Waals surface area contributed by atoms with Gasteiger partial charge in [-0.05, 0) is 36.8 Å². The van der Waals surface area contributed by atoms with Crippen LogP contribution in [0.4, 0.5) is 5.69 Å². The molecule has 0 atom stereocenters. The number of likely N-dealkylation sites (N-methyl/N-ethyl adjacent to an activating group) is 1. The van der Waals surface area contributed by atoms with Gasteiger partial charge in [0.15, 0.2) is 17.5 Å². The fraction of sp³-hybridized carbons (Fsp3) is 0.364. The van der Waals surface area contributed by atoms with Crippen LogP contribution in [0.1, 0.15) is 12.5 Å². The number of hydrogen-bond acceptors (Lipinski definition) is 5.